The van der Waals surface area contributed by atoms with E-state index in [1.54, 1.807) is 18.4 Å². The molecule has 0 saturated heterocycles. The van der Waals surface area contributed by atoms with Gasteiger partial charge in [-0.15, -0.1) is 11.3 Å². The molecule has 0 saturated carbocycles. The fourth-order valence-corrected chi connectivity index (χ4v) is 2.79. The molecule has 1 unspecified atom stereocenters. The van der Waals surface area contributed by atoms with Crippen molar-refractivity contribution in [1.29, 1.82) is 0 Å². The minimum atomic E-state index is -0.110. The van der Waals surface area contributed by atoms with Gasteiger partial charge in [0.15, 0.2) is 0 Å². The van der Waals surface area contributed by atoms with Crippen molar-refractivity contribution < 1.29 is 4.74 Å². The van der Waals surface area contributed by atoms with E-state index in [2.05, 4.69) is 53.3 Å². The number of ether oxygens (including phenoxy) is 1. The van der Waals surface area contributed by atoms with E-state index in [0.717, 1.165) is 28.0 Å². The normalized spacial score (nSPS) is 13.2. The second-order valence-electron chi connectivity index (χ2n) is 6.44. The van der Waals surface area contributed by atoms with Crippen molar-refractivity contribution in [2.45, 2.75) is 52.7 Å². The van der Waals surface area contributed by atoms with Gasteiger partial charge in [0, 0.05) is 29.7 Å². The van der Waals surface area contributed by atoms with Crippen molar-refractivity contribution in [3.63, 3.8) is 0 Å². The van der Waals surface area contributed by atoms with Crippen LogP contribution in [0.3, 0.4) is 0 Å². The quantitative estimate of drug-likeness (QED) is 0.906. The molecule has 2 aromatic rings. The average Bonchev–Trinajstić information content (AvgIpc) is 2.84. The van der Waals surface area contributed by atoms with Crippen molar-refractivity contribution in [2.75, 3.05) is 12.4 Å². The molecule has 0 aliphatic rings. The topological polar surface area (TPSA) is 59.9 Å². The summed E-state index contributed by atoms with van der Waals surface area (Å²) in [6.45, 7) is 10.9. The molecule has 0 fully saturated rings. The van der Waals surface area contributed by atoms with Gasteiger partial charge in [-0.2, -0.15) is 0 Å². The summed E-state index contributed by atoms with van der Waals surface area (Å²) in [5.41, 5.74) is 1.82. The van der Waals surface area contributed by atoms with Gasteiger partial charge < -0.3 is 10.1 Å². The summed E-state index contributed by atoms with van der Waals surface area (Å²) in [7, 11) is 1.67. The van der Waals surface area contributed by atoms with E-state index in [1.165, 1.54) is 0 Å². The Morgan fingerprint density at radius 2 is 2.00 bits per heavy atom. The standard InChI is InChI=1S/C16H24N4OS/c1-10-9-22-14(17-10)11(2)18-13-7-12(8-21-6)19-15(20-13)16(3,4)5/h7,9,11H,8H2,1-6H3,(H,18,19,20). The number of hydrogen-bond donors (Lipinski definition) is 1. The van der Waals surface area contributed by atoms with Crippen LogP contribution in [0.5, 0.6) is 0 Å². The maximum atomic E-state index is 5.22. The van der Waals surface area contributed by atoms with Crippen LogP contribution in [-0.4, -0.2) is 22.1 Å². The first-order valence-corrected chi connectivity index (χ1v) is 8.23. The van der Waals surface area contributed by atoms with Crippen molar-refractivity contribution >= 4 is 17.2 Å². The first kappa shape index (κ1) is 16.8. The van der Waals surface area contributed by atoms with Gasteiger partial charge in [-0.1, -0.05) is 20.8 Å². The highest BCUT2D eigenvalue weighted by atomic mass is 32.1. The number of anilines is 1. The number of aromatic nitrogens is 3. The third-order valence-electron chi connectivity index (χ3n) is 3.11. The molecule has 1 N–H and O–H groups in total. The van der Waals surface area contributed by atoms with Gasteiger partial charge in [-0.25, -0.2) is 15.0 Å². The molecule has 0 spiro atoms. The molecular weight excluding hydrogens is 296 g/mol. The minimum Gasteiger partial charge on any atom is -0.378 e. The van der Waals surface area contributed by atoms with Crippen molar-refractivity contribution in [2.24, 2.45) is 0 Å². The molecule has 2 aromatic heterocycles. The van der Waals surface area contributed by atoms with Crippen LogP contribution in [0, 0.1) is 6.92 Å². The summed E-state index contributed by atoms with van der Waals surface area (Å²) < 4.78 is 5.22. The number of nitrogens with zero attached hydrogens (tertiary/aromatic N) is 3. The average molecular weight is 320 g/mol. The van der Waals surface area contributed by atoms with Crippen LogP contribution in [0.15, 0.2) is 11.4 Å². The zero-order valence-corrected chi connectivity index (χ0v) is 14.9. The van der Waals surface area contributed by atoms with E-state index in [4.69, 9.17) is 4.74 Å². The molecule has 5 nitrogen and oxygen atoms in total. The molecule has 0 radical (unpaired) electrons. The molecule has 0 aliphatic heterocycles. The molecular formula is C16H24N4OS. The smallest absolute Gasteiger partial charge is 0.136 e. The first-order chi connectivity index (χ1) is 10.3. The maximum Gasteiger partial charge on any atom is 0.136 e. The molecule has 0 bridgehead atoms. The van der Waals surface area contributed by atoms with Crippen LogP contribution in [0.25, 0.3) is 0 Å². The summed E-state index contributed by atoms with van der Waals surface area (Å²) in [6.07, 6.45) is 0. The Bertz CT molecular complexity index is 633. The van der Waals surface area contributed by atoms with E-state index in [9.17, 15) is 0 Å². The second-order valence-corrected chi connectivity index (χ2v) is 7.33. The van der Waals surface area contributed by atoms with Crippen molar-refractivity contribution in [3.05, 3.63) is 33.7 Å². The Kier molecular flexibility index (Phi) is 5.13. The Labute approximate surface area is 136 Å². The Morgan fingerprint density at radius 1 is 1.27 bits per heavy atom. The fourth-order valence-electron chi connectivity index (χ4n) is 1.98. The van der Waals surface area contributed by atoms with Gasteiger partial charge in [-0.05, 0) is 13.8 Å². The van der Waals surface area contributed by atoms with Crippen LogP contribution in [0.4, 0.5) is 5.82 Å². The molecule has 0 amide bonds. The first-order valence-electron chi connectivity index (χ1n) is 7.35. The Hall–Kier alpha value is -1.53. The third kappa shape index (κ3) is 4.24. The second kappa shape index (κ2) is 6.71. The number of hydrogen-bond acceptors (Lipinski definition) is 6. The summed E-state index contributed by atoms with van der Waals surface area (Å²) in [5.74, 6) is 1.62. The Balaban J connectivity index is 2.27. The predicted octanol–water partition coefficient (Wildman–Crippen LogP) is 3.86. The van der Waals surface area contributed by atoms with E-state index in [0.29, 0.717) is 6.61 Å². The van der Waals surface area contributed by atoms with Crippen LogP contribution in [0.1, 0.15) is 56.0 Å². The van der Waals surface area contributed by atoms with E-state index in [-0.39, 0.29) is 11.5 Å². The highest BCUT2D eigenvalue weighted by Crippen LogP contribution is 2.24. The lowest BCUT2D eigenvalue weighted by Crippen LogP contribution is -2.19. The van der Waals surface area contributed by atoms with Crippen LogP contribution >= 0.6 is 11.3 Å². The lowest BCUT2D eigenvalue weighted by atomic mass is 9.95. The van der Waals surface area contributed by atoms with Crippen molar-refractivity contribution in [3.8, 4) is 0 Å². The molecule has 6 heteroatoms. The largest absolute Gasteiger partial charge is 0.378 e. The highest BCUT2D eigenvalue weighted by molar-refractivity contribution is 7.09. The van der Waals surface area contributed by atoms with Gasteiger partial charge in [-0.3, -0.25) is 0 Å². The lowest BCUT2D eigenvalue weighted by Gasteiger charge is -2.20. The SMILES string of the molecule is COCc1cc(NC(C)c2nc(C)cs2)nc(C(C)(C)C)n1. The molecule has 1 atom stereocenters. The summed E-state index contributed by atoms with van der Waals surface area (Å²) in [6, 6.07) is 2.05. The molecule has 2 rings (SSSR count). The highest BCUT2D eigenvalue weighted by Gasteiger charge is 2.20. The summed E-state index contributed by atoms with van der Waals surface area (Å²) >= 11 is 1.66. The molecule has 0 aliphatic carbocycles. The molecule has 2 heterocycles. The van der Waals surface area contributed by atoms with E-state index in [1.807, 2.05) is 13.0 Å². The molecule has 0 aromatic carbocycles. The fraction of sp³-hybridized carbons (Fsp3) is 0.562. The van der Waals surface area contributed by atoms with Crippen LogP contribution in [-0.2, 0) is 16.8 Å². The Morgan fingerprint density at radius 3 is 2.55 bits per heavy atom. The van der Waals surface area contributed by atoms with Crippen molar-refractivity contribution in [1.82, 2.24) is 15.0 Å². The van der Waals surface area contributed by atoms with Crippen LogP contribution < -0.4 is 5.32 Å². The monoisotopic (exact) mass is 320 g/mol. The summed E-state index contributed by atoms with van der Waals surface area (Å²) in [5, 5.41) is 6.54. The third-order valence-corrected chi connectivity index (χ3v) is 4.26. The number of rotatable bonds is 5. The van der Waals surface area contributed by atoms with E-state index < -0.39 is 0 Å². The number of thiazole rings is 1. The zero-order chi connectivity index (χ0) is 16.3. The van der Waals surface area contributed by atoms with Gasteiger partial charge >= 0.3 is 0 Å². The van der Waals surface area contributed by atoms with Gasteiger partial charge in [0.2, 0.25) is 0 Å². The maximum absolute atomic E-state index is 5.22. The van der Waals surface area contributed by atoms with Gasteiger partial charge in [0.05, 0.1) is 18.3 Å². The van der Waals surface area contributed by atoms with Crippen LogP contribution in [0.2, 0.25) is 0 Å². The molecule has 120 valence electrons. The van der Waals surface area contributed by atoms with Gasteiger partial charge in [0.1, 0.15) is 16.6 Å². The molecule has 22 heavy (non-hydrogen) atoms. The van der Waals surface area contributed by atoms with Gasteiger partial charge in [0.25, 0.3) is 0 Å². The predicted molar refractivity (Wildman–Crippen MR) is 90.3 cm³/mol. The number of methoxy groups -OCH3 is 1. The number of nitrogens with one attached hydrogen (secondary N) is 1. The minimum absolute atomic E-state index is 0.108. The number of aryl methyl sites for hydroxylation is 1. The lowest BCUT2D eigenvalue weighted by molar-refractivity contribution is 0.181. The summed E-state index contributed by atoms with van der Waals surface area (Å²) in [4.78, 5) is 13.8. The van der Waals surface area contributed by atoms with E-state index >= 15 is 0 Å². The zero-order valence-electron chi connectivity index (χ0n) is 14.1.